The molecule has 0 spiro atoms. The van der Waals surface area contributed by atoms with Gasteiger partial charge in [-0.15, -0.1) is 0 Å². The summed E-state index contributed by atoms with van der Waals surface area (Å²) in [5.41, 5.74) is 2.40. The van der Waals surface area contributed by atoms with Crippen molar-refractivity contribution in [1.82, 2.24) is 24.8 Å². The van der Waals surface area contributed by atoms with Crippen LogP contribution in [0.5, 0.6) is 5.88 Å². The summed E-state index contributed by atoms with van der Waals surface area (Å²) in [7, 11) is 3.54. The standard InChI is InChI=1S/C26H31N5O3/c1-4-22(30(14-13-27-2)17-20-10-11-23(33-3)28-16-20)24-29-25-21(12-15-34-25)26(32)31(24)18-19-8-6-5-7-9-19/h5-12,15-16,22,27H,4,13-14,17-18H2,1-3H3. The van der Waals surface area contributed by atoms with E-state index in [1.807, 2.05) is 55.7 Å². The van der Waals surface area contributed by atoms with E-state index in [1.165, 1.54) is 6.26 Å². The van der Waals surface area contributed by atoms with Gasteiger partial charge in [0.1, 0.15) is 11.2 Å². The van der Waals surface area contributed by atoms with E-state index in [0.29, 0.717) is 35.9 Å². The van der Waals surface area contributed by atoms with Gasteiger partial charge in [-0.2, -0.15) is 4.98 Å². The molecule has 0 fully saturated rings. The number of ether oxygens (including phenoxy) is 1. The minimum atomic E-state index is -0.0960. The summed E-state index contributed by atoms with van der Waals surface area (Å²) >= 11 is 0. The van der Waals surface area contributed by atoms with Crippen molar-refractivity contribution in [3.05, 3.63) is 88.3 Å². The third-order valence-corrected chi connectivity index (χ3v) is 5.96. The number of pyridine rings is 1. The van der Waals surface area contributed by atoms with Crippen LogP contribution in [0.4, 0.5) is 0 Å². The highest BCUT2D eigenvalue weighted by Crippen LogP contribution is 2.26. The number of benzene rings is 1. The SMILES string of the molecule is CCC(c1nc2occc2c(=O)n1Cc1ccccc1)N(CCNC)Cc1ccc(OC)nc1. The number of rotatable bonds is 11. The van der Waals surface area contributed by atoms with Crippen molar-refractivity contribution < 1.29 is 9.15 Å². The number of methoxy groups -OCH3 is 1. The minimum Gasteiger partial charge on any atom is -0.481 e. The highest BCUT2D eigenvalue weighted by Gasteiger charge is 2.26. The van der Waals surface area contributed by atoms with Crippen molar-refractivity contribution in [3.8, 4) is 5.88 Å². The first-order chi connectivity index (χ1) is 16.6. The van der Waals surface area contributed by atoms with E-state index in [0.717, 1.165) is 30.6 Å². The molecule has 178 valence electrons. The predicted octanol–water partition coefficient (Wildman–Crippen LogP) is 3.61. The van der Waals surface area contributed by atoms with Crippen LogP contribution in [0, 0.1) is 0 Å². The molecule has 0 amide bonds. The van der Waals surface area contributed by atoms with Crippen LogP contribution < -0.4 is 15.6 Å². The van der Waals surface area contributed by atoms with E-state index >= 15 is 0 Å². The zero-order chi connectivity index (χ0) is 23.9. The Labute approximate surface area is 199 Å². The molecule has 1 unspecified atom stereocenters. The zero-order valence-electron chi connectivity index (χ0n) is 19.9. The van der Waals surface area contributed by atoms with Gasteiger partial charge in [-0.3, -0.25) is 14.3 Å². The van der Waals surface area contributed by atoms with Gasteiger partial charge in [0, 0.05) is 31.9 Å². The Morgan fingerprint density at radius 3 is 2.65 bits per heavy atom. The molecular formula is C26H31N5O3. The molecule has 34 heavy (non-hydrogen) atoms. The Kier molecular flexibility index (Phi) is 7.72. The van der Waals surface area contributed by atoms with Gasteiger partial charge in [0.15, 0.2) is 0 Å². The van der Waals surface area contributed by atoms with E-state index in [2.05, 4.69) is 22.1 Å². The summed E-state index contributed by atoms with van der Waals surface area (Å²) in [6, 6.07) is 15.5. The summed E-state index contributed by atoms with van der Waals surface area (Å²) in [6.45, 7) is 4.80. The van der Waals surface area contributed by atoms with Crippen LogP contribution >= 0.6 is 0 Å². The topological polar surface area (TPSA) is 85.4 Å². The van der Waals surface area contributed by atoms with Gasteiger partial charge in [0.25, 0.3) is 5.56 Å². The van der Waals surface area contributed by atoms with Gasteiger partial charge >= 0.3 is 0 Å². The normalized spacial score (nSPS) is 12.4. The van der Waals surface area contributed by atoms with Crippen molar-refractivity contribution >= 4 is 11.1 Å². The number of nitrogens with zero attached hydrogens (tertiary/aromatic N) is 4. The molecule has 0 aliphatic carbocycles. The molecular weight excluding hydrogens is 430 g/mol. The Morgan fingerprint density at radius 1 is 1.15 bits per heavy atom. The molecule has 0 radical (unpaired) electrons. The van der Waals surface area contributed by atoms with Gasteiger partial charge in [-0.05, 0) is 30.7 Å². The molecule has 0 aliphatic rings. The maximum Gasteiger partial charge on any atom is 0.265 e. The maximum atomic E-state index is 13.5. The number of nitrogens with one attached hydrogen (secondary N) is 1. The molecule has 1 atom stereocenters. The van der Waals surface area contributed by atoms with Crippen LogP contribution in [0.15, 0.2) is 70.2 Å². The Hall–Kier alpha value is -3.49. The third kappa shape index (κ3) is 5.18. The second kappa shape index (κ2) is 11.1. The number of furan rings is 1. The molecule has 0 bridgehead atoms. The monoisotopic (exact) mass is 461 g/mol. The van der Waals surface area contributed by atoms with Crippen LogP contribution in [0.2, 0.25) is 0 Å². The van der Waals surface area contributed by atoms with Crippen molar-refractivity contribution in [1.29, 1.82) is 0 Å². The fourth-order valence-corrected chi connectivity index (χ4v) is 4.20. The Bertz CT molecular complexity index is 1250. The lowest BCUT2D eigenvalue weighted by Crippen LogP contribution is -2.38. The van der Waals surface area contributed by atoms with E-state index in [1.54, 1.807) is 17.7 Å². The summed E-state index contributed by atoms with van der Waals surface area (Å²) in [5.74, 6) is 1.29. The fraction of sp³-hybridized carbons (Fsp3) is 0.346. The molecule has 1 aromatic carbocycles. The molecule has 8 nitrogen and oxygen atoms in total. The third-order valence-electron chi connectivity index (χ3n) is 5.96. The highest BCUT2D eigenvalue weighted by atomic mass is 16.5. The van der Waals surface area contributed by atoms with Gasteiger partial charge in [-0.1, -0.05) is 43.3 Å². The fourth-order valence-electron chi connectivity index (χ4n) is 4.20. The molecule has 0 saturated carbocycles. The van der Waals surface area contributed by atoms with Crippen LogP contribution in [-0.4, -0.2) is 46.7 Å². The number of likely N-dealkylation sites (N-methyl/N-ethyl adjacent to an activating group) is 1. The van der Waals surface area contributed by atoms with E-state index in [-0.39, 0.29) is 11.6 Å². The van der Waals surface area contributed by atoms with E-state index < -0.39 is 0 Å². The first-order valence-corrected chi connectivity index (χ1v) is 11.5. The van der Waals surface area contributed by atoms with Gasteiger partial charge < -0.3 is 14.5 Å². The zero-order valence-corrected chi connectivity index (χ0v) is 19.9. The molecule has 8 heteroatoms. The first kappa shape index (κ1) is 23.7. The lowest BCUT2D eigenvalue weighted by atomic mass is 10.1. The molecule has 0 saturated heterocycles. The van der Waals surface area contributed by atoms with Crippen LogP contribution in [-0.2, 0) is 13.1 Å². The van der Waals surface area contributed by atoms with Gasteiger partial charge in [0.05, 0.1) is 26.0 Å². The van der Waals surface area contributed by atoms with Crippen molar-refractivity contribution in [2.75, 3.05) is 27.2 Å². The molecule has 3 heterocycles. The lowest BCUT2D eigenvalue weighted by Gasteiger charge is -2.32. The molecule has 3 aromatic heterocycles. The number of aromatic nitrogens is 3. The maximum absolute atomic E-state index is 13.5. The second-order valence-electron chi connectivity index (χ2n) is 8.19. The van der Waals surface area contributed by atoms with Crippen molar-refractivity contribution in [2.45, 2.75) is 32.5 Å². The number of hydrogen-bond donors (Lipinski definition) is 1. The van der Waals surface area contributed by atoms with Crippen molar-refractivity contribution in [3.63, 3.8) is 0 Å². The second-order valence-corrected chi connectivity index (χ2v) is 8.19. The van der Waals surface area contributed by atoms with Crippen LogP contribution in [0.25, 0.3) is 11.1 Å². The quantitative estimate of drug-likeness (QED) is 0.365. The molecule has 1 N–H and O–H groups in total. The summed E-state index contributed by atoms with van der Waals surface area (Å²) in [4.78, 5) is 25.1. The molecule has 4 aromatic rings. The van der Waals surface area contributed by atoms with E-state index in [9.17, 15) is 4.79 Å². The van der Waals surface area contributed by atoms with Gasteiger partial charge in [-0.25, -0.2) is 4.98 Å². The Balaban J connectivity index is 1.76. The predicted molar refractivity (Wildman–Crippen MR) is 132 cm³/mol. The first-order valence-electron chi connectivity index (χ1n) is 11.5. The summed E-state index contributed by atoms with van der Waals surface area (Å²) < 4.78 is 12.6. The Morgan fingerprint density at radius 2 is 1.97 bits per heavy atom. The molecule has 0 aliphatic heterocycles. The smallest absolute Gasteiger partial charge is 0.265 e. The summed E-state index contributed by atoms with van der Waals surface area (Å²) in [6.07, 6.45) is 4.14. The lowest BCUT2D eigenvalue weighted by molar-refractivity contribution is 0.172. The van der Waals surface area contributed by atoms with Crippen molar-refractivity contribution in [2.24, 2.45) is 0 Å². The van der Waals surface area contributed by atoms with E-state index in [4.69, 9.17) is 14.1 Å². The summed E-state index contributed by atoms with van der Waals surface area (Å²) in [5, 5.41) is 3.74. The largest absolute Gasteiger partial charge is 0.481 e. The minimum absolute atomic E-state index is 0.0873. The van der Waals surface area contributed by atoms with Crippen LogP contribution in [0.1, 0.15) is 36.3 Å². The number of fused-ring (bicyclic) bond motifs is 1. The van der Waals surface area contributed by atoms with Gasteiger partial charge in [0.2, 0.25) is 11.6 Å². The highest BCUT2D eigenvalue weighted by molar-refractivity contribution is 5.71. The number of hydrogen-bond acceptors (Lipinski definition) is 7. The molecule has 4 rings (SSSR count). The van der Waals surface area contributed by atoms with Crippen LogP contribution in [0.3, 0.4) is 0 Å². The average Bonchev–Trinajstić information content (AvgIpc) is 3.35. The average molecular weight is 462 g/mol.